The van der Waals surface area contributed by atoms with Crippen LogP contribution in [0.1, 0.15) is 5.56 Å². The summed E-state index contributed by atoms with van der Waals surface area (Å²) in [6.45, 7) is 0. The molecule has 0 saturated carbocycles. The summed E-state index contributed by atoms with van der Waals surface area (Å²) in [7, 11) is -3.92. The first kappa shape index (κ1) is 22.1. The van der Waals surface area contributed by atoms with Gasteiger partial charge in [0.1, 0.15) is 0 Å². The number of nitrogens with zero attached hydrogens (tertiary/aromatic N) is 2. The van der Waals surface area contributed by atoms with E-state index in [0.29, 0.717) is 22.0 Å². The SMILES string of the molecule is NS(=O)(=O)c1ccc(-n2nc(-c3ccc(Cl)cc3)cc2-c2ccccc2C(F)(F)F)cc1. The fourth-order valence-electron chi connectivity index (χ4n) is 3.26. The van der Waals surface area contributed by atoms with Crippen LogP contribution in [0.5, 0.6) is 0 Å². The van der Waals surface area contributed by atoms with Gasteiger partial charge in [-0.1, -0.05) is 41.9 Å². The molecule has 164 valence electrons. The molecule has 5 nitrogen and oxygen atoms in total. The molecule has 0 bridgehead atoms. The summed E-state index contributed by atoms with van der Waals surface area (Å²) in [4.78, 5) is -0.122. The number of halogens is 4. The summed E-state index contributed by atoms with van der Waals surface area (Å²) in [6.07, 6.45) is -4.58. The maximum atomic E-state index is 13.7. The normalized spacial score (nSPS) is 12.2. The standard InChI is InChI=1S/C22H15ClF3N3O2S/c23-15-7-5-14(6-8-15)20-13-21(18-3-1-2-4-19(18)22(24,25)26)29(28-20)16-9-11-17(12-10-16)32(27,30)31/h1-13H,(H2,27,30,31). The fourth-order valence-corrected chi connectivity index (χ4v) is 3.90. The third kappa shape index (κ3) is 4.40. The minimum absolute atomic E-state index is 0.0664. The van der Waals surface area contributed by atoms with Crippen LogP contribution in [-0.4, -0.2) is 18.2 Å². The lowest BCUT2D eigenvalue weighted by molar-refractivity contribution is -0.137. The highest BCUT2D eigenvalue weighted by Gasteiger charge is 2.34. The summed E-state index contributed by atoms with van der Waals surface area (Å²) in [5.41, 5.74) is 0.744. The lowest BCUT2D eigenvalue weighted by Crippen LogP contribution is -2.12. The van der Waals surface area contributed by atoms with E-state index in [1.807, 2.05) is 0 Å². The number of primary sulfonamides is 1. The van der Waals surface area contributed by atoms with Crippen molar-refractivity contribution in [3.05, 3.63) is 89.4 Å². The van der Waals surface area contributed by atoms with Gasteiger partial charge in [0.25, 0.3) is 0 Å². The molecule has 1 heterocycles. The first-order valence-electron chi connectivity index (χ1n) is 9.20. The molecule has 0 amide bonds. The molecule has 4 aromatic rings. The molecule has 0 atom stereocenters. The molecule has 0 aliphatic heterocycles. The highest BCUT2D eigenvalue weighted by atomic mass is 35.5. The summed E-state index contributed by atoms with van der Waals surface area (Å²) in [5, 5.41) is 10.1. The third-order valence-electron chi connectivity index (χ3n) is 4.77. The first-order valence-corrected chi connectivity index (χ1v) is 11.1. The van der Waals surface area contributed by atoms with Crippen LogP contribution >= 0.6 is 11.6 Å². The average molecular weight is 478 g/mol. The van der Waals surface area contributed by atoms with E-state index < -0.39 is 21.8 Å². The van der Waals surface area contributed by atoms with Crippen LogP contribution in [-0.2, 0) is 16.2 Å². The van der Waals surface area contributed by atoms with Crippen LogP contribution in [0.15, 0.2) is 83.8 Å². The Labute approximate surface area is 186 Å². The lowest BCUT2D eigenvalue weighted by atomic mass is 10.0. The van der Waals surface area contributed by atoms with Gasteiger partial charge in [-0.15, -0.1) is 0 Å². The average Bonchev–Trinajstić information content (AvgIpc) is 3.18. The second-order valence-electron chi connectivity index (χ2n) is 6.92. The quantitative estimate of drug-likeness (QED) is 0.420. The van der Waals surface area contributed by atoms with Gasteiger partial charge in [-0.25, -0.2) is 18.2 Å². The van der Waals surface area contributed by atoms with Crippen molar-refractivity contribution in [1.29, 1.82) is 0 Å². The molecule has 0 radical (unpaired) electrons. The van der Waals surface area contributed by atoms with Crippen molar-refractivity contribution in [3.63, 3.8) is 0 Å². The fraction of sp³-hybridized carbons (Fsp3) is 0.0455. The van der Waals surface area contributed by atoms with Crippen LogP contribution < -0.4 is 5.14 Å². The van der Waals surface area contributed by atoms with E-state index in [1.54, 1.807) is 30.3 Å². The summed E-state index contributed by atoms with van der Waals surface area (Å²) in [5.74, 6) is 0. The Bertz CT molecular complexity index is 1380. The number of rotatable bonds is 4. The molecular weight excluding hydrogens is 463 g/mol. The molecule has 0 unspecified atom stereocenters. The number of alkyl halides is 3. The molecule has 32 heavy (non-hydrogen) atoms. The number of sulfonamides is 1. The Morgan fingerprint density at radius 1 is 0.906 bits per heavy atom. The number of aromatic nitrogens is 2. The van der Waals surface area contributed by atoms with Crippen molar-refractivity contribution in [2.75, 3.05) is 0 Å². The van der Waals surface area contributed by atoms with Crippen molar-refractivity contribution >= 4 is 21.6 Å². The number of benzene rings is 3. The zero-order chi connectivity index (χ0) is 23.1. The van der Waals surface area contributed by atoms with Gasteiger partial charge >= 0.3 is 6.18 Å². The molecule has 4 rings (SSSR count). The van der Waals surface area contributed by atoms with Crippen molar-refractivity contribution in [1.82, 2.24) is 9.78 Å². The van der Waals surface area contributed by atoms with Crippen LogP contribution in [0.4, 0.5) is 13.2 Å². The molecule has 3 aromatic carbocycles. The molecule has 0 aliphatic rings. The summed E-state index contributed by atoms with van der Waals surface area (Å²) >= 11 is 5.94. The van der Waals surface area contributed by atoms with E-state index in [-0.39, 0.29) is 16.2 Å². The Kier molecular flexibility index (Phi) is 5.58. The minimum atomic E-state index is -4.58. The van der Waals surface area contributed by atoms with E-state index in [2.05, 4.69) is 5.10 Å². The van der Waals surface area contributed by atoms with E-state index >= 15 is 0 Å². The van der Waals surface area contributed by atoms with E-state index in [9.17, 15) is 21.6 Å². The molecule has 0 fully saturated rings. The molecule has 10 heteroatoms. The van der Waals surface area contributed by atoms with Crippen molar-refractivity contribution < 1.29 is 21.6 Å². The van der Waals surface area contributed by atoms with E-state index in [4.69, 9.17) is 16.7 Å². The lowest BCUT2D eigenvalue weighted by Gasteiger charge is -2.14. The maximum absolute atomic E-state index is 13.7. The number of hydrogen-bond acceptors (Lipinski definition) is 3. The Hall–Kier alpha value is -3.14. The minimum Gasteiger partial charge on any atom is -0.232 e. The zero-order valence-corrected chi connectivity index (χ0v) is 17.8. The second kappa shape index (κ2) is 8.09. The van der Waals surface area contributed by atoms with Crippen LogP contribution in [0, 0.1) is 0 Å². The predicted octanol–water partition coefficient (Wildman–Crippen LogP) is 5.53. The monoisotopic (exact) mass is 477 g/mol. The van der Waals surface area contributed by atoms with Crippen LogP contribution in [0.25, 0.3) is 28.2 Å². The van der Waals surface area contributed by atoms with Gasteiger partial charge in [-0.2, -0.15) is 18.3 Å². The van der Waals surface area contributed by atoms with Gasteiger partial charge in [-0.3, -0.25) is 0 Å². The molecular formula is C22H15ClF3N3O2S. The zero-order valence-electron chi connectivity index (χ0n) is 16.2. The van der Waals surface area contributed by atoms with Gasteiger partial charge in [0.05, 0.1) is 27.5 Å². The van der Waals surface area contributed by atoms with Crippen molar-refractivity contribution in [2.45, 2.75) is 11.1 Å². The van der Waals surface area contributed by atoms with Crippen LogP contribution in [0.3, 0.4) is 0 Å². The van der Waals surface area contributed by atoms with E-state index in [1.165, 1.54) is 47.1 Å². The number of nitrogens with two attached hydrogens (primary N) is 1. The van der Waals surface area contributed by atoms with Gasteiger partial charge in [0.15, 0.2) is 0 Å². The highest BCUT2D eigenvalue weighted by Crippen LogP contribution is 2.39. The second-order valence-corrected chi connectivity index (χ2v) is 8.91. The van der Waals surface area contributed by atoms with Gasteiger partial charge in [0, 0.05) is 16.1 Å². The first-order chi connectivity index (χ1) is 15.0. The largest absolute Gasteiger partial charge is 0.417 e. The topological polar surface area (TPSA) is 78.0 Å². The Morgan fingerprint density at radius 2 is 1.53 bits per heavy atom. The highest BCUT2D eigenvalue weighted by molar-refractivity contribution is 7.89. The molecule has 0 aliphatic carbocycles. The van der Waals surface area contributed by atoms with Gasteiger partial charge < -0.3 is 0 Å². The summed E-state index contributed by atoms with van der Waals surface area (Å²) < 4.78 is 65.6. The molecule has 0 spiro atoms. The van der Waals surface area contributed by atoms with Crippen molar-refractivity contribution in [3.8, 4) is 28.2 Å². The smallest absolute Gasteiger partial charge is 0.232 e. The Morgan fingerprint density at radius 3 is 2.12 bits per heavy atom. The molecule has 0 saturated heterocycles. The number of hydrogen-bond donors (Lipinski definition) is 1. The van der Waals surface area contributed by atoms with Crippen LogP contribution in [0.2, 0.25) is 5.02 Å². The maximum Gasteiger partial charge on any atom is 0.417 e. The van der Waals surface area contributed by atoms with Gasteiger partial charge in [-0.05, 0) is 48.5 Å². The molecule has 1 aromatic heterocycles. The summed E-state index contributed by atoms with van der Waals surface area (Å²) in [6, 6.07) is 18.8. The third-order valence-corrected chi connectivity index (χ3v) is 5.95. The molecule has 2 N–H and O–H groups in total. The predicted molar refractivity (Wildman–Crippen MR) is 116 cm³/mol. The van der Waals surface area contributed by atoms with Gasteiger partial charge in [0.2, 0.25) is 10.0 Å². The Balaban J connectivity index is 1.94. The van der Waals surface area contributed by atoms with Crippen molar-refractivity contribution in [2.24, 2.45) is 5.14 Å². The van der Waals surface area contributed by atoms with E-state index in [0.717, 1.165) is 6.07 Å².